The molecule has 36 heavy (non-hydrogen) atoms. The lowest BCUT2D eigenvalue weighted by Crippen LogP contribution is -2.47. The van der Waals surface area contributed by atoms with Crippen LogP contribution in [0.5, 0.6) is 5.75 Å². The summed E-state index contributed by atoms with van der Waals surface area (Å²) in [5.41, 5.74) is 0.0890. The molecule has 1 aliphatic rings. The van der Waals surface area contributed by atoms with E-state index >= 15 is 0 Å². The number of carbonyl (C=O) groups is 1. The highest BCUT2D eigenvalue weighted by Crippen LogP contribution is 2.37. The van der Waals surface area contributed by atoms with Gasteiger partial charge >= 0.3 is 6.18 Å². The smallest absolute Gasteiger partial charge is 0.416 e. The van der Waals surface area contributed by atoms with Crippen molar-refractivity contribution < 1.29 is 40.6 Å². The molecule has 194 valence electrons. The van der Waals surface area contributed by atoms with Gasteiger partial charge in [0.05, 0.1) is 23.6 Å². The largest absolute Gasteiger partial charge is 0.461 e. The summed E-state index contributed by atoms with van der Waals surface area (Å²) in [5, 5.41) is 13.9. The summed E-state index contributed by atoms with van der Waals surface area (Å²) in [6, 6.07) is 7.40. The van der Waals surface area contributed by atoms with E-state index in [2.05, 4.69) is 10.1 Å². The first-order valence-electron chi connectivity index (χ1n) is 10.9. The first-order chi connectivity index (χ1) is 16.7. The van der Waals surface area contributed by atoms with Gasteiger partial charge in [-0.05, 0) is 18.2 Å². The normalized spacial score (nSPS) is 18.4. The molecule has 2 atom stereocenters. The molecule has 0 saturated carbocycles. The molecule has 0 radical (unpaired) electrons. The van der Waals surface area contributed by atoms with Crippen molar-refractivity contribution in [2.75, 3.05) is 11.5 Å². The van der Waals surface area contributed by atoms with Gasteiger partial charge < -0.3 is 9.84 Å². The number of hydrogen-bond donors (Lipinski definition) is 1. The molecule has 0 aliphatic carbocycles. The van der Waals surface area contributed by atoms with Crippen molar-refractivity contribution in [3.8, 4) is 17.0 Å². The Hall–Kier alpha value is -3.06. The van der Waals surface area contributed by atoms with Crippen molar-refractivity contribution >= 4 is 26.7 Å². The number of rotatable bonds is 8. The number of ketones is 1. The van der Waals surface area contributed by atoms with Crippen molar-refractivity contribution in [2.45, 2.75) is 45.5 Å². The van der Waals surface area contributed by atoms with Crippen molar-refractivity contribution in [1.29, 1.82) is 0 Å². The average molecular weight is 530 g/mol. The monoisotopic (exact) mass is 529 g/mol. The fraction of sp³-hybridized carbons (Fsp3) is 0.435. The quantitative estimate of drug-likeness (QED) is 0.350. The molecule has 2 aromatic heterocycles. The highest BCUT2D eigenvalue weighted by Gasteiger charge is 2.46. The van der Waals surface area contributed by atoms with Gasteiger partial charge in [0.25, 0.3) is 0 Å². The van der Waals surface area contributed by atoms with Gasteiger partial charge in [-0.1, -0.05) is 19.1 Å². The predicted molar refractivity (Wildman–Crippen MR) is 122 cm³/mol. The minimum absolute atomic E-state index is 0.0655. The van der Waals surface area contributed by atoms with Gasteiger partial charge in [-0.25, -0.2) is 12.8 Å². The minimum Gasteiger partial charge on any atom is -0.461 e. The fourth-order valence-corrected chi connectivity index (χ4v) is 6.57. The van der Waals surface area contributed by atoms with Crippen molar-refractivity contribution in [3.05, 3.63) is 42.1 Å². The second kappa shape index (κ2) is 9.11. The molecule has 13 heteroatoms. The number of aromatic nitrogens is 3. The van der Waals surface area contributed by atoms with Crippen molar-refractivity contribution in [2.24, 2.45) is 5.41 Å². The van der Waals surface area contributed by atoms with Gasteiger partial charge in [0, 0.05) is 36.1 Å². The van der Waals surface area contributed by atoms with Gasteiger partial charge in [-0.2, -0.15) is 18.3 Å². The van der Waals surface area contributed by atoms with E-state index in [1.807, 2.05) is 0 Å². The molecule has 1 aliphatic heterocycles. The van der Waals surface area contributed by atoms with E-state index in [4.69, 9.17) is 4.74 Å². The van der Waals surface area contributed by atoms with Crippen LogP contribution in [0.15, 0.2) is 36.5 Å². The Kier molecular flexibility index (Phi) is 6.58. The lowest BCUT2D eigenvalue weighted by atomic mass is 9.86. The molecule has 3 aromatic rings. The molecule has 1 saturated heterocycles. The molecule has 0 amide bonds. The first kappa shape index (κ1) is 26.0. The van der Waals surface area contributed by atoms with Crippen LogP contribution in [0.4, 0.5) is 17.6 Å². The van der Waals surface area contributed by atoms with Crippen LogP contribution in [0.3, 0.4) is 0 Å². The summed E-state index contributed by atoms with van der Waals surface area (Å²) in [6.45, 7) is 1.91. The van der Waals surface area contributed by atoms with Crippen LogP contribution >= 0.6 is 0 Å². The maximum absolute atomic E-state index is 13.3. The van der Waals surface area contributed by atoms with Gasteiger partial charge in [0.1, 0.15) is 17.0 Å². The number of pyridine rings is 1. The summed E-state index contributed by atoms with van der Waals surface area (Å²) in [5.74, 6) is -0.509. The van der Waals surface area contributed by atoms with Gasteiger partial charge in [0.15, 0.2) is 21.7 Å². The van der Waals surface area contributed by atoms with E-state index in [1.165, 1.54) is 31.3 Å². The van der Waals surface area contributed by atoms with E-state index in [9.17, 15) is 35.9 Å². The number of benzene rings is 1. The minimum atomic E-state index is -4.91. The van der Waals surface area contributed by atoms with Crippen molar-refractivity contribution in [3.63, 3.8) is 0 Å². The molecular formula is C23H23F4N3O5S. The lowest BCUT2D eigenvalue weighted by Gasteiger charge is -2.37. The van der Waals surface area contributed by atoms with Gasteiger partial charge in [0.2, 0.25) is 6.36 Å². The molecule has 0 bridgehead atoms. The number of nitrogens with zero attached hydrogens (tertiary/aromatic N) is 3. The number of halogens is 4. The Morgan fingerprint density at radius 1 is 1.28 bits per heavy atom. The highest BCUT2D eigenvalue weighted by atomic mass is 32.2. The summed E-state index contributed by atoms with van der Waals surface area (Å²) in [4.78, 5) is 17.1. The summed E-state index contributed by atoms with van der Waals surface area (Å²) < 4.78 is 81.6. The van der Waals surface area contributed by atoms with Crippen LogP contribution in [0.1, 0.15) is 30.6 Å². The number of fused-ring (bicyclic) bond motifs is 1. The topological polar surface area (TPSA) is 111 Å². The number of aliphatic hydroxyl groups is 1. The molecule has 8 nitrogen and oxygen atoms in total. The van der Waals surface area contributed by atoms with E-state index in [-0.39, 0.29) is 46.0 Å². The third-order valence-corrected chi connectivity index (χ3v) is 8.04. The number of alkyl halides is 4. The number of ether oxygens (including phenoxy) is 1. The van der Waals surface area contributed by atoms with Crippen LogP contribution in [-0.4, -0.2) is 64.2 Å². The molecule has 0 spiro atoms. The van der Waals surface area contributed by atoms with E-state index in [0.717, 1.165) is 4.68 Å². The Balaban J connectivity index is 1.75. The van der Waals surface area contributed by atoms with Crippen molar-refractivity contribution in [1.82, 2.24) is 14.8 Å². The SMILES string of the molecule is CC(F)Oc1cccc(-c2nn(C[C@H](O)C(F)(F)F)c3cc(C(=O)CC4(C)CS(=O)(=O)C4)cnc23)c1. The standard InChI is InChI=1S/C23H23F4N3O5S/c1-13(24)35-16-5-3-4-14(6-16)20-21-17(30(29-20)10-19(32)23(25,26)27)7-15(9-28-21)18(31)8-22(2)11-36(33,34)12-22/h3-7,9,13,19,32H,8,10-12H2,1-2H3/t13?,19-/m0/s1. The second-order valence-electron chi connectivity index (χ2n) is 9.31. The highest BCUT2D eigenvalue weighted by molar-refractivity contribution is 7.92. The molecule has 1 aromatic carbocycles. The van der Waals surface area contributed by atoms with E-state index in [0.29, 0.717) is 5.56 Å². The summed E-state index contributed by atoms with van der Waals surface area (Å²) >= 11 is 0. The summed E-state index contributed by atoms with van der Waals surface area (Å²) in [6.07, 6.45) is -8.06. The second-order valence-corrected chi connectivity index (χ2v) is 11.4. The Bertz CT molecular complexity index is 1410. The third kappa shape index (κ3) is 5.51. The zero-order chi connectivity index (χ0) is 26.5. The van der Waals surface area contributed by atoms with Crippen LogP contribution in [0.2, 0.25) is 0 Å². The molecule has 4 rings (SSSR count). The van der Waals surface area contributed by atoms with Crippen LogP contribution in [0, 0.1) is 5.41 Å². The zero-order valence-corrected chi connectivity index (χ0v) is 20.1. The Morgan fingerprint density at radius 2 is 1.97 bits per heavy atom. The zero-order valence-electron chi connectivity index (χ0n) is 19.3. The third-order valence-electron chi connectivity index (χ3n) is 5.77. The maximum atomic E-state index is 13.3. The van der Waals surface area contributed by atoms with E-state index < -0.39 is 46.2 Å². The number of hydrogen-bond acceptors (Lipinski definition) is 7. The van der Waals surface area contributed by atoms with E-state index in [1.54, 1.807) is 19.1 Å². The lowest BCUT2D eigenvalue weighted by molar-refractivity contribution is -0.207. The van der Waals surface area contributed by atoms with Crippen LogP contribution in [0.25, 0.3) is 22.3 Å². The predicted octanol–water partition coefficient (Wildman–Crippen LogP) is 3.72. The molecule has 3 heterocycles. The van der Waals surface area contributed by atoms with Gasteiger partial charge in [-0.15, -0.1) is 0 Å². The average Bonchev–Trinajstić information content (AvgIpc) is 3.08. The van der Waals surface area contributed by atoms with Crippen LogP contribution in [-0.2, 0) is 16.4 Å². The Morgan fingerprint density at radius 3 is 2.58 bits per heavy atom. The number of carbonyl (C=O) groups excluding carboxylic acids is 1. The molecule has 1 unspecified atom stereocenters. The first-order valence-corrected chi connectivity index (χ1v) is 12.7. The molecule has 1 fully saturated rings. The number of sulfone groups is 1. The summed E-state index contributed by atoms with van der Waals surface area (Å²) in [7, 11) is -3.17. The fourth-order valence-electron chi connectivity index (χ4n) is 4.32. The molecule has 1 N–H and O–H groups in total. The number of aliphatic hydroxyl groups excluding tert-OH is 1. The Labute approximate surface area is 203 Å². The van der Waals surface area contributed by atoms with Crippen LogP contribution < -0.4 is 4.74 Å². The molecular weight excluding hydrogens is 506 g/mol. The number of Topliss-reactive ketones (excluding diaryl/α,β-unsaturated/α-hetero) is 1. The van der Waals surface area contributed by atoms with Gasteiger partial charge in [-0.3, -0.25) is 14.5 Å². The maximum Gasteiger partial charge on any atom is 0.416 e.